The van der Waals surface area contributed by atoms with E-state index < -0.39 is 55.7 Å². The molecule has 0 fully saturated rings. The molecule has 0 saturated carbocycles. The van der Waals surface area contributed by atoms with Crippen LogP contribution in [0.5, 0.6) is 0 Å². The maximum absolute atomic E-state index is 13.9. The predicted octanol–water partition coefficient (Wildman–Crippen LogP) is 4.08. The van der Waals surface area contributed by atoms with E-state index in [2.05, 4.69) is 4.74 Å². The second kappa shape index (κ2) is 7.13. The smallest absolute Gasteiger partial charge is 0.272 e. The van der Waals surface area contributed by atoms with Crippen LogP contribution in [0.3, 0.4) is 0 Å². The minimum absolute atomic E-state index is 2.04. The van der Waals surface area contributed by atoms with E-state index in [0.717, 1.165) is 0 Å². The van der Waals surface area contributed by atoms with Crippen LogP contribution in [0.4, 0.5) is 57.1 Å². The van der Waals surface area contributed by atoms with Crippen molar-refractivity contribution in [2.24, 2.45) is 5.92 Å². The Morgan fingerprint density at radius 2 is 1.12 bits per heavy atom. The molecule has 0 aliphatic rings. The Labute approximate surface area is 128 Å². The highest BCUT2D eigenvalue weighted by Gasteiger charge is 2.76. The van der Waals surface area contributed by atoms with Crippen molar-refractivity contribution < 1.29 is 71.3 Å². The zero-order valence-electron chi connectivity index (χ0n) is 11.1. The molecule has 3 nitrogen and oxygen atoms in total. The molecule has 16 heteroatoms. The molecule has 0 radical (unpaired) electrons. The lowest BCUT2D eigenvalue weighted by atomic mass is 9.98. The highest BCUT2D eigenvalue weighted by Crippen LogP contribution is 2.51. The Hall–Kier alpha value is -1.32. The first kappa shape index (κ1) is 23.7. The van der Waals surface area contributed by atoms with Gasteiger partial charge < -0.3 is 0 Å². The first-order chi connectivity index (χ1) is 10.9. The zero-order valence-corrected chi connectivity index (χ0v) is 11.1. The molecule has 0 aliphatic heterocycles. The van der Waals surface area contributed by atoms with Crippen LogP contribution in [-0.2, 0) is 14.3 Å². The third-order valence-electron chi connectivity index (χ3n) is 2.21. The van der Waals surface area contributed by atoms with E-state index in [9.17, 15) is 61.9 Å². The molecule has 2 atom stereocenters. The molecule has 0 aliphatic carbocycles. The number of carbonyl (C=O) groups excluding carboxylic acids is 1. The highest BCUT2D eigenvalue weighted by atomic mass is 19.4. The van der Waals surface area contributed by atoms with Crippen LogP contribution in [0.15, 0.2) is 0 Å². The number of ether oxygens (including phenoxy) is 2. The molecule has 0 saturated heterocycles. The monoisotopic (exact) mass is 408 g/mol. The molecule has 0 rings (SSSR count). The van der Waals surface area contributed by atoms with Gasteiger partial charge in [0.2, 0.25) is 5.92 Å². The zero-order chi connectivity index (χ0) is 20.5. The van der Waals surface area contributed by atoms with E-state index in [-0.39, 0.29) is 0 Å². The Balaban J connectivity index is 6.37. The SMILES string of the molecule is O=C(F)C(C(F)(F)F)C(F)(OC(F)(F)CF)C(F)(F)OC(F)(F)CF. The fourth-order valence-corrected chi connectivity index (χ4v) is 1.30. The van der Waals surface area contributed by atoms with Crippen LogP contribution < -0.4 is 0 Å². The Morgan fingerprint density at radius 1 is 0.760 bits per heavy atom. The average Bonchev–Trinajstić information content (AvgIpc) is 2.34. The minimum Gasteiger partial charge on any atom is -0.272 e. The van der Waals surface area contributed by atoms with E-state index in [1.54, 1.807) is 0 Å². The summed E-state index contributed by atoms with van der Waals surface area (Å²) in [6.45, 7) is -6.52. The van der Waals surface area contributed by atoms with Crippen molar-refractivity contribution in [1.29, 1.82) is 0 Å². The van der Waals surface area contributed by atoms with Gasteiger partial charge in [0.1, 0.15) is 0 Å². The molecule has 0 aromatic carbocycles. The molecule has 0 heterocycles. The minimum atomic E-state index is -6.90. The number of rotatable bonds is 9. The largest absolute Gasteiger partial charge is 0.420 e. The molecular weight excluding hydrogens is 403 g/mol. The number of hydrogen-bond acceptors (Lipinski definition) is 3. The number of halogens is 13. The van der Waals surface area contributed by atoms with Crippen molar-refractivity contribution in [1.82, 2.24) is 0 Å². The van der Waals surface area contributed by atoms with E-state index in [0.29, 0.717) is 0 Å². The van der Waals surface area contributed by atoms with Crippen molar-refractivity contribution in [2.45, 2.75) is 30.4 Å². The first-order valence-corrected chi connectivity index (χ1v) is 5.46. The van der Waals surface area contributed by atoms with Gasteiger partial charge in [0.15, 0.2) is 13.3 Å². The van der Waals surface area contributed by atoms with Crippen LogP contribution in [0, 0.1) is 5.92 Å². The standard InChI is InChI=1S/C9H5F13O3/c10-1-5(13,14)24-7(17,3(4(12)23)8(18,19)20)9(21,22)25-6(15,16)2-11/h3H,1-2H2. The van der Waals surface area contributed by atoms with E-state index in [1.807, 2.05) is 4.74 Å². The van der Waals surface area contributed by atoms with Gasteiger partial charge in [-0.1, -0.05) is 0 Å². The van der Waals surface area contributed by atoms with Gasteiger partial charge in [0.05, 0.1) is 0 Å². The van der Waals surface area contributed by atoms with Crippen molar-refractivity contribution >= 4 is 6.04 Å². The van der Waals surface area contributed by atoms with E-state index >= 15 is 0 Å². The van der Waals surface area contributed by atoms with Gasteiger partial charge in [-0.3, -0.25) is 9.53 Å². The molecule has 0 N–H and O–H groups in total. The molecule has 150 valence electrons. The fraction of sp³-hybridized carbons (Fsp3) is 0.889. The second-order valence-corrected chi connectivity index (χ2v) is 4.19. The number of hydrogen-bond donors (Lipinski definition) is 0. The lowest BCUT2D eigenvalue weighted by Crippen LogP contribution is -2.63. The summed E-state index contributed by atoms with van der Waals surface area (Å²) in [6.07, 6.45) is -25.3. The lowest BCUT2D eigenvalue weighted by Gasteiger charge is -2.39. The second-order valence-electron chi connectivity index (χ2n) is 4.19. The summed E-state index contributed by atoms with van der Waals surface area (Å²) in [4.78, 5) is 10.2. The van der Waals surface area contributed by atoms with Crippen LogP contribution in [0.2, 0.25) is 0 Å². The van der Waals surface area contributed by atoms with E-state index in [1.165, 1.54) is 0 Å². The number of alkyl halides is 12. The van der Waals surface area contributed by atoms with Gasteiger partial charge in [-0.05, 0) is 0 Å². The average molecular weight is 408 g/mol. The Kier molecular flexibility index (Phi) is 6.75. The fourth-order valence-electron chi connectivity index (χ4n) is 1.30. The molecule has 0 spiro atoms. The van der Waals surface area contributed by atoms with Crippen LogP contribution in [-0.4, -0.2) is 49.7 Å². The Morgan fingerprint density at radius 3 is 1.40 bits per heavy atom. The molecule has 2 unspecified atom stereocenters. The summed E-state index contributed by atoms with van der Waals surface area (Å²) < 4.78 is 168. The van der Waals surface area contributed by atoms with Crippen molar-refractivity contribution in [3.05, 3.63) is 0 Å². The summed E-state index contributed by atoms with van der Waals surface area (Å²) in [5.74, 6) is -12.2. The van der Waals surface area contributed by atoms with Crippen LogP contribution >= 0.6 is 0 Å². The quantitative estimate of drug-likeness (QED) is 0.426. The summed E-state index contributed by atoms with van der Waals surface area (Å²) in [5.41, 5.74) is 0. The predicted molar refractivity (Wildman–Crippen MR) is 48.5 cm³/mol. The molecule has 25 heavy (non-hydrogen) atoms. The molecule has 0 bridgehead atoms. The summed E-state index contributed by atoms with van der Waals surface area (Å²) in [5, 5.41) is 0. The number of carbonyl (C=O) groups is 1. The first-order valence-electron chi connectivity index (χ1n) is 5.46. The van der Waals surface area contributed by atoms with Gasteiger partial charge >= 0.3 is 36.4 Å². The van der Waals surface area contributed by atoms with Crippen molar-refractivity contribution in [3.63, 3.8) is 0 Å². The summed E-state index contributed by atoms with van der Waals surface area (Å²) in [6, 6.07) is -4.13. The van der Waals surface area contributed by atoms with E-state index in [4.69, 9.17) is 0 Å². The lowest BCUT2D eigenvalue weighted by molar-refractivity contribution is -0.498. The molecule has 0 aromatic rings. The van der Waals surface area contributed by atoms with Crippen molar-refractivity contribution in [3.8, 4) is 0 Å². The molecular formula is C9H5F13O3. The van der Waals surface area contributed by atoms with Gasteiger partial charge in [0.25, 0.3) is 0 Å². The normalized spacial score (nSPS) is 18.0. The Bertz CT molecular complexity index is 476. The van der Waals surface area contributed by atoms with Gasteiger partial charge in [-0.2, -0.15) is 43.9 Å². The third kappa shape index (κ3) is 5.58. The topological polar surface area (TPSA) is 35.5 Å². The highest BCUT2D eigenvalue weighted by molar-refractivity contribution is 5.73. The third-order valence-corrected chi connectivity index (χ3v) is 2.21. The molecule has 0 amide bonds. The van der Waals surface area contributed by atoms with Gasteiger partial charge in [-0.25, -0.2) is 17.9 Å². The summed E-state index contributed by atoms with van der Waals surface area (Å²) >= 11 is 0. The summed E-state index contributed by atoms with van der Waals surface area (Å²) in [7, 11) is 0. The van der Waals surface area contributed by atoms with Crippen LogP contribution in [0.1, 0.15) is 0 Å². The van der Waals surface area contributed by atoms with Crippen molar-refractivity contribution in [2.75, 3.05) is 13.3 Å². The molecule has 0 aromatic heterocycles. The maximum Gasteiger partial charge on any atom is 0.420 e. The van der Waals surface area contributed by atoms with Crippen LogP contribution in [0.25, 0.3) is 0 Å². The van der Waals surface area contributed by atoms with Gasteiger partial charge in [0, 0.05) is 0 Å². The maximum atomic E-state index is 13.9. The van der Waals surface area contributed by atoms with Gasteiger partial charge in [-0.15, -0.1) is 0 Å².